The lowest BCUT2D eigenvalue weighted by Crippen LogP contribution is -1.99. The Hall–Kier alpha value is -1.71. The van der Waals surface area contributed by atoms with Crippen LogP contribution < -0.4 is 5.73 Å². The number of halogens is 1. The SMILES string of the molecule is NCc1cc(F)ccc1-c1cccc2ccsc12. The molecule has 2 N–H and O–H groups in total. The van der Waals surface area contributed by atoms with E-state index in [4.69, 9.17) is 5.73 Å². The topological polar surface area (TPSA) is 26.0 Å². The molecule has 3 rings (SSSR count). The first-order valence-electron chi connectivity index (χ1n) is 5.74. The Bertz CT molecular complexity index is 703. The lowest BCUT2D eigenvalue weighted by molar-refractivity contribution is 0.625. The van der Waals surface area contributed by atoms with Gasteiger partial charge in [-0.3, -0.25) is 0 Å². The minimum absolute atomic E-state index is 0.238. The molecule has 0 radical (unpaired) electrons. The average molecular weight is 257 g/mol. The van der Waals surface area contributed by atoms with Crippen molar-refractivity contribution in [3.05, 3.63) is 59.2 Å². The number of hydrogen-bond acceptors (Lipinski definition) is 2. The van der Waals surface area contributed by atoms with Gasteiger partial charge in [-0.15, -0.1) is 11.3 Å². The van der Waals surface area contributed by atoms with E-state index >= 15 is 0 Å². The van der Waals surface area contributed by atoms with E-state index in [9.17, 15) is 4.39 Å². The second kappa shape index (κ2) is 4.52. The Morgan fingerprint density at radius 2 is 1.94 bits per heavy atom. The quantitative estimate of drug-likeness (QED) is 0.732. The van der Waals surface area contributed by atoms with E-state index in [1.807, 2.05) is 12.1 Å². The average Bonchev–Trinajstić information content (AvgIpc) is 2.86. The zero-order valence-corrected chi connectivity index (χ0v) is 10.5. The first-order valence-corrected chi connectivity index (χ1v) is 6.62. The fraction of sp³-hybridized carbons (Fsp3) is 0.0667. The van der Waals surface area contributed by atoms with Crippen molar-refractivity contribution in [2.45, 2.75) is 6.54 Å². The summed E-state index contributed by atoms with van der Waals surface area (Å²) in [6, 6.07) is 13.1. The van der Waals surface area contributed by atoms with Crippen LogP contribution in [0.1, 0.15) is 5.56 Å². The molecule has 1 aromatic heterocycles. The third-order valence-corrected chi connectivity index (χ3v) is 4.02. The fourth-order valence-electron chi connectivity index (χ4n) is 2.20. The largest absolute Gasteiger partial charge is 0.326 e. The van der Waals surface area contributed by atoms with Gasteiger partial charge in [0.2, 0.25) is 0 Å². The van der Waals surface area contributed by atoms with Crippen molar-refractivity contribution in [1.82, 2.24) is 0 Å². The van der Waals surface area contributed by atoms with Gasteiger partial charge < -0.3 is 5.73 Å². The molecule has 0 saturated heterocycles. The molecule has 90 valence electrons. The zero-order chi connectivity index (χ0) is 12.5. The number of benzene rings is 2. The molecule has 0 bridgehead atoms. The molecule has 3 aromatic rings. The normalized spacial score (nSPS) is 11.0. The van der Waals surface area contributed by atoms with Crippen LogP contribution in [0.5, 0.6) is 0 Å². The first kappa shape index (κ1) is 11.4. The number of rotatable bonds is 2. The molecular formula is C15H12FNS. The van der Waals surface area contributed by atoms with E-state index < -0.39 is 0 Å². The van der Waals surface area contributed by atoms with Crippen molar-refractivity contribution >= 4 is 21.4 Å². The van der Waals surface area contributed by atoms with Crippen molar-refractivity contribution in [2.24, 2.45) is 5.73 Å². The molecule has 0 spiro atoms. The molecule has 3 heteroatoms. The van der Waals surface area contributed by atoms with Crippen LogP contribution in [-0.4, -0.2) is 0 Å². The maximum Gasteiger partial charge on any atom is 0.123 e. The number of fused-ring (bicyclic) bond motifs is 1. The molecule has 0 aliphatic rings. The van der Waals surface area contributed by atoms with Crippen molar-refractivity contribution in [1.29, 1.82) is 0 Å². The van der Waals surface area contributed by atoms with E-state index in [-0.39, 0.29) is 5.82 Å². The van der Waals surface area contributed by atoms with Crippen LogP contribution in [0.15, 0.2) is 47.8 Å². The highest BCUT2D eigenvalue weighted by molar-refractivity contribution is 7.17. The van der Waals surface area contributed by atoms with Crippen molar-refractivity contribution < 1.29 is 4.39 Å². The fourth-order valence-corrected chi connectivity index (χ4v) is 3.13. The summed E-state index contributed by atoms with van der Waals surface area (Å²) >= 11 is 1.70. The third-order valence-electron chi connectivity index (χ3n) is 3.06. The molecule has 0 atom stereocenters. The summed E-state index contributed by atoms with van der Waals surface area (Å²) in [4.78, 5) is 0. The highest BCUT2D eigenvalue weighted by atomic mass is 32.1. The molecule has 0 saturated carbocycles. The molecule has 18 heavy (non-hydrogen) atoms. The number of hydrogen-bond donors (Lipinski definition) is 1. The van der Waals surface area contributed by atoms with Crippen LogP contribution in [0.2, 0.25) is 0 Å². The van der Waals surface area contributed by atoms with Crippen LogP contribution in [0.4, 0.5) is 4.39 Å². The molecular weight excluding hydrogens is 245 g/mol. The van der Waals surface area contributed by atoms with Gasteiger partial charge in [0.05, 0.1) is 0 Å². The zero-order valence-electron chi connectivity index (χ0n) is 9.69. The van der Waals surface area contributed by atoms with Gasteiger partial charge >= 0.3 is 0 Å². The molecule has 1 heterocycles. The minimum Gasteiger partial charge on any atom is -0.326 e. The molecule has 0 aliphatic heterocycles. The summed E-state index contributed by atoms with van der Waals surface area (Å²) in [7, 11) is 0. The highest BCUT2D eigenvalue weighted by Crippen LogP contribution is 2.34. The first-order chi connectivity index (χ1) is 8.79. The summed E-state index contributed by atoms with van der Waals surface area (Å²) < 4.78 is 14.5. The maximum atomic E-state index is 13.3. The molecule has 2 aromatic carbocycles. The van der Waals surface area contributed by atoms with Gasteiger partial charge in [0.25, 0.3) is 0 Å². The van der Waals surface area contributed by atoms with E-state index in [1.165, 1.54) is 22.2 Å². The predicted octanol–water partition coefficient (Wildman–Crippen LogP) is 4.17. The Balaban J connectivity index is 2.29. The van der Waals surface area contributed by atoms with Crippen molar-refractivity contribution in [3.8, 4) is 11.1 Å². The van der Waals surface area contributed by atoms with Gasteiger partial charge in [-0.05, 0) is 45.7 Å². The summed E-state index contributed by atoms with van der Waals surface area (Å²) in [6.07, 6.45) is 0. The summed E-state index contributed by atoms with van der Waals surface area (Å²) in [5.74, 6) is -0.238. The Morgan fingerprint density at radius 3 is 2.78 bits per heavy atom. The molecule has 0 unspecified atom stereocenters. The lowest BCUT2D eigenvalue weighted by atomic mass is 9.98. The highest BCUT2D eigenvalue weighted by Gasteiger charge is 2.09. The Labute approximate surface area is 109 Å². The molecule has 0 aliphatic carbocycles. The van der Waals surface area contributed by atoms with Gasteiger partial charge in [0, 0.05) is 11.2 Å². The number of thiophene rings is 1. The summed E-state index contributed by atoms with van der Waals surface area (Å²) in [6.45, 7) is 0.342. The molecule has 0 amide bonds. The van der Waals surface area contributed by atoms with Crippen molar-refractivity contribution in [3.63, 3.8) is 0 Å². The monoisotopic (exact) mass is 257 g/mol. The van der Waals surface area contributed by atoms with Gasteiger partial charge in [-0.2, -0.15) is 0 Å². The number of nitrogens with two attached hydrogens (primary N) is 1. The lowest BCUT2D eigenvalue weighted by Gasteiger charge is -2.09. The van der Waals surface area contributed by atoms with Crippen LogP contribution in [0, 0.1) is 5.82 Å². The molecule has 1 nitrogen and oxygen atoms in total. The second-order valence-electron chi connectivity index (χ2n) is 4.15. The maximum absolute atomic E-state index is 13.3. The van der Waals surface area contributed by atoms with Gasteiger partial charge in [-0.25, -0.2) is 4.39 Å². The van der Waals surface area contributed by atoms with E-state index in [2.05, 4.69) is 23.6 Å². The Kier molecular flexibility index (Phi) is 2.86. The second-order valence-corrected chi connectivity index (χ2v) is 5.07. The van der Waals surface area contributed by atoms with Crippen LogP contribution in [0.25, 0.3) is 21.2 Å². The summed E-state index contributed by atoms with van der Waals surface area (Å²) in [5, 5.41) is 3.28. The van der Waals surface area contributed by atoms with E-state index in [0.717, 1.165) is 16.7 Å². The van der Waals surface area contributed by atoms with Gasteiger partial charge in [0.1, 0.15) is 5.82 Å². The minimum atomic E-state index is -0.238. The predicted molar refractivity (Wildman–Crippen MR) is 75.1 cm³/mol. The van der Waals surface area contributed by atoms with E-state index in [1.54, 1.807) is 11.3 Å². The third kappa shape index (κ3) is 1.82. The standard InChI is InChI=1S/C15H12FNS/c16-12-4-5-13(11(8-12)9-17)14-3-1-2-10-6-7-18-15(10)14/h1-8H,9,17H2. The van der Waals surface area contributed by atoms with Gasteiger partial charge in [-0.1, -0.05) is 24.3 Å². The van der Waals surface area contributed by atoms with Crippen molar-refractivity contribution in [2.75, 3.05) is 0 Å². The summed E-state index contributed by atoms with van der Waals surface area (Å²) in [5.41, 5.74) is 8.70. The van der Waals surface area contributed by atoms with E-state index in [0.29, 0.717) is 6.54 Å². The Morgan fingerprint density at radius 1 is 1.06 bits per heavy atom. The molecule has 0 fully saturated rings. The van der Waals surface area contributed by atoms with Gasteiger partial charge in [0.15, 0.2) is 0 Å². The van der Waals surface area contributed by atoms with Crippen LogP contribution in [0.3, 0.4) is 0 Å². The van der Waals surface area contributed by atoms with Crippen LogP contribution >= 0.6 is 11.3 Å². The van der Waals surface area contributed by atoms with Crippen LogP contribution in [-0.2, 0) is 6.54 Å². The smallest absolute Gasteiger partial charge is 0.123 e.